The number of carbonyl (C=O) groups is 2. The zero-order valence-corrected chi connectivity index (χ0v) is 54.9. The summed E-state index contributed by atoms with van der Waals surface area (Å²) < 4.78 is 0. The molecule has 94 heavy (non-hydrogen) atoms. The lowest BCUT2D eigenvalue weighted by Gasteiger charge is -2.12. The van der Waals surface area contributed by atoms with Gasteiger partial charge >= 0.3 is 0 Å². The second kappa shape index (κ2) is 40.8. The zero-order chi connectivity index (χ0) is 67.5. The Hall–Kier alpha value is -10.8. The van der Waals surface area contributed by atoms with Gasteiger partial charge in [0.1, 0.15) is 22.6 Å². The van der Waals surface area contributed by atoms with Gasteiger partial charge < -0.3 is 60.6 Å². The molecule has 11 aromatic rings. The average molecular weight is 1350 g/mol. The molecule has 0 aliphatic heterocycles. The molecule has 25 heteroatoms. The Morgan fingerprint density at radius 2 is 0.702 bits per heavy atom. The smallest absolute Gasteiger partial charge is 0.229 e. The largest absolute Gasteiger partial charge is 0.399 e. The van der Waals surface area contributed by atoms with Crippen molar-refractivity contribution in [1.82, 2.24) is 39.9 Å². The molecule has 4 heterocycles. The zero-order valence-electron chi connectivity index (χ0n) is 51.9. The predicted molar refractivity (Wildman–Crippen MR) is 392 cm³/mol. The van der Waals surface area contributed by atoms with E-state index in [1.54, 1.807) is 49.9 Å². The fourth-order valence-corrected chi connectivity index (χ4v) is 7.53. The number of halogens is 4. The summed E-state index contributed by atoms with van der Waals surface area (Å²) in [5, 5.41) is 19.5. The topological polar surface area (TPSA) is 340 Å². The third-order valence-electron chi connectivity index (χ3n) is 11.8. The van der Waals surface area contributed by atoms with E-state index in [4.69, 9.17) is 75.1 Å². The normalized spacial score (nSPS) is 9.68. The number of carbonyl (C=O) groups excluding carboxylic acids is 2. The number of anilines is 16. The summed E-state index contributed by atoms with van der Waals surface area (Å²) in [5.74, 6) is 3.18. The Morgan fingerprint density at radius 1 is 0.372 bits per heavy atom. The van der Waals surface area contributed by atoms with Crippen molar-refractivity contribution in [2.75, 3.05) is 60.6 Å². The van der Waals surface area contributed by atoms with Crippen LogP contribution in [0, 0.1) is 27.7 Å². The van der Waals surface area contributed by atoms with E-state index in [2.05, 4.69) is 71.8 Å². The van der Waals surface area contributed by atoms with E-state index in [0.29, 0.717) is 64.3 Å². The van der Waals surface area contributed by atoms with Crippen LogP contribution in [-0.4, -0.2) is 51.0 Å². The molecule has 0 bridgehead atoms. The molecule has 11 rings (SSSR count). The van der Waals surface area contributed by atoms with Gasteiger partial charge in [-0.2, -0.15) is 9.97 Å². The number of nitrogens with two attached hydrogens (primary N) is 5. The van der Waals surface area contributed by atoms with Gasteiger partial charge in [-0.05, 0) is 172 Å². The predicted octanol–water partition coefficient (Wildman–Crippen LogP) is 17.2. The molecule has 16 N–H and O–H groups in total. The van der Waals surface area contributed by atoms with Crippen molar-refractivity contribution in [1.29, 1.82) is 0 Å². The highest BCUT2D eigenvalue weighted by Crippen LogP contribution is 2.26. The number of rotatable bonds is 13. The van der Waals surface area contributed by atoms with E-state index < -0.39 is 0 Å². The quantitative estimate of drug-likeness (QED) is 0.0221. The Bertz CT molecular complexity index is 4070. The van der Waals surface area contributed by atoms with E-state index >= 15 is 0 Å². The van der Waals surface area contributed by atoms with Crippen LogP contribution in [0.25, 0.3) is 0 Å². The van der Waals surface area contributed by atoms with Crippen LogP contribution in [0.15, 0.2) is 213 Å². The highest BCUT2D eigenvalue weighted by molar-refractivity contribution is 6.63. The first-order chi connectivity index (χ1) is 44.6. The highest BCUT2D eigenvalue weighted by Gasteiger charge is 2.09. The number of benzene rings is 7. The summed E-state index contributed by atoms with van der Waals surface area (Å²) in [7, 11) is 0. The average Bonchev–Trinajstić information content (AvgIpc) is 1.28. The fourth-order valence-electron chi connectivity index (χ4n) is 7.09. The molecule has 21 nitrogen and oxygen atoms in total. The number of para-hydroxylation sites is 3. The van der Waals surface area contributed by atoms with Crippen LogP contribution in [0.1, 0.15) is 56.4 Å². The minimum atomic E-state index is -0.273. The van der Waals surface area contributed by atoms with E-state index in [-0.39, 0.29) is 29.1 Å². The van der Waals surface area contributed by atoms with Gasteiger partial charge in [0.05, 0.1) is 0 Å². The number of aromatic nitrogens is 8. The summed E-state index contributed by atoms with van der Waals surface area (Å²) in [4.78, 5) is 54.2. The molecule has 0 saturated heterocycles. The van der Waals surface area contributed by atoms with Crippen LogP contribution in [-0.2, 0) is 9.59 Å². The van der Waals surface area contributed by atoms with Crippen molar-refractivity contribution >= 4 is 149 Å². The number of nitrogens with one attached hydrogen (secondary N) is 6. The third-order valence-corrected chi connectivity index (χ3v) is 12.9. The van der Waals surface area contributed by atoms with Crippen molar-refractivity contribution in [3.8, 4) is 0 Å². The van der Waals surface area contributed by atoms with Crippen LogP contribution >= 0.6 is 46.4 Å². The van der Waals surface area contributed by atoms with E-state index in [1.807, 2.05) is 204 Å². The molecule has 0 aliphatic carbocycles. The third kappa shape index (κ3) is 29.4. The number of aryl methyl sites for hydroxylation is 4. The molecule has 0 unspecified atom stereocenters. The maximum Gasteiger partial charge on any atom is 0.229 e. The molecule has 0 spiro atoms. The van der Waals surface area contributed by atoms with Crippen molar-refractivity contribution < 1.29 is 9.59 Å². The van der Waals surface area contributed by atoms with Crippen LogP contribution in [0.5, 0.6) is 0 Å². The lowest BCUT2D eigenvalue weighted by molar-refractivity contribution is -0.116. The van der Waals surface area contributed by atoms with Crippen LogP contribution in [0.3, 0.4) is 0 Å². The van der Waals surface area contributed by atoms with Crippen LogP contribution in [0.2, 0.25) is 15.7 Å². The molecular weight excluding hydrogens is 1270 g/mol. The second-order valence-electron chi connectivity index (χ2n) is 19.6. The van der Waals surface area contributed by atoms with Gasteiger partial charge in [0.15, 0.2) is 0 Å². The maximum atomic E-state index is 11.6. The second-order valence-corrected chi connectivity index (χ2v) is 21.1. The first kappa shape index (κ1) is 75.6. The first-order valence-corrected chi connectivity index (χ1v) is 30.1. The molecule has 0 aliphatic rings. The molecule has 4 aromatic heterocycles. The molecule has 0 atom stereocenters. The molecule has 7 aromatic carbocycles. The number of nitrogens with zero attached hydrogens (tertiary/aromatic N) is 8. The van der Waals surface area contributed by atoms with Crippen molar-refractivity contribution in [3.05, 3.63) is 251 Å². The van der Waals surface area contributed by atoms with E-state index in [0.717, 1.165) is 67.9 Å². The van der Waals surface area contributed by atoms with Gasteiger partial charge in [0.25, 0.3) is 0 Å². The minimum Gasteiger partial charge on any atom is -0.399 e. The summed E-state index contributed by atoms with van der Waals surface area (Å²) in [6, 6.07) is 58.8. The van der Waals surface area contributed by atoms with Gasteiger partial charge in [-0.15, -0.1) is 0 Å². The summed E-state index contributed by atoms with van der Waals surface area (Å²) >= 11 is 21.5. The molecule has 0 fully saturated rings. The highest BCUT2D eigenvalue weighted by atomic mass is 35.5. The molecule has 0 radical (unpaired) electrons. The Labute approximate surface area is 568 Å². The Morgan fingerprint density at radius 3 is 1.06 bits per heavy atom. The molecule has 1 amide bonds. The van der Waals surface area contributed by atoms with Crippen molar-refractivity contribution in [2.24, 2.45) is 0 Å². The standard InChI is InChI=1S/C20H21N5O.C17H17N5.C11H11ClN4.C6H8N2.C6H7N.C5H4Cl2N2.C3H5ClO.CH4/c1-3-18(26)22-16-10-7-11-17(12-16)23-19-14(2)13-21-20(25-19)24-15-8-5-4-6-9-15;1-12-11-19-17(21-14-7-3-2-4-8-14)22-16(12)20-15-9-5-6-13(18)10-15;1-7-6-14-11(12)16-10(7)15-9-4-2-3-8(13)5-9;7-5-2-1-3-6(8)4-5;7-6-4-2-1-3-5-6;1-3-2-8-5(7)9-4(3)6;1-2-3(4)5;/h4-13H,3H2,1-2H3,(H,22,26)(H2,21,23,24,25);2-11H,18H2,1H3,(H2,19,20,21,22);2-6H,13H2,1H3,(H,14,15,16);1-4H,7-8H2;1-5H,7H2;2H,1H3;2H2,1H3;1H4. The van der Waals surface area contributed by atoms with Gasteiger partial charge in [-0.1, -0.05) is 112 Å². The molecule has 488 valence electrons. The molecular formula is C69H77Cl4N19O2. The van der Waals surface area contributed by atoms with Crippen LogP contribution < -0.4 is 60.6 Å². The number of nitrogen functional groups attached to an aromatic ring is 5. The lowest BCUT2D eigenvalue weighted by Crippen LogP contribution is -2.09. The fraction of sp³-hybridized carbons (Fsp3) is 0.130. The van der Waals surface area contributed by atoms with Crippen molar-refractivity contribution in [2.45, 2.75) is 61.8 Å². The maximum absolute atomic E-state index is 11.6. The summed E-state index contributed by atoms with van der Waals surface area (Å²) in [5.41, 5.74) is 40.1. The van der Waals surface area contributed by atoms with Gasteiger partial charge in [0, 0.05) is 122 Å². The SMILES string of the molecule is C.CCC(=O)Cl.CCC(=O)Nc1cccc(Nc2nc(Nc3ccccc3)ncc2C)c1.Cc1cnc(Cl)nc1Cl.Cc1cnc(Cl)nc1Nc1cccc(N)c1.Cc1cnc(Nc2ccccc2)nc1Nc1cccc(N)c1.Nc1cccc(N)c1.Nc1ccccc1. The Kier molecular flexibility index (Phi) is 32.8. The molecule has 0 saturated carbocycles. The Balaban J connectivity index is 0.000000250. The first-order valence-electron chi connectivity index (χ1n) is 28.6. The van der Waals surface area contributed by atoms with Gasteiger partial charge in [0.2, 0.25) is 33.6 Å². The van der Waals surface area contributed by atoms with Gasteiger partial charge in [-0.3, -0.25) is 9.59 Å². The summed E-state index contributed by atoms with van der Waals surface area (Å²) in [6.45, 7) is 11.2. The summed E-state index contributed by atoms with van der Waals surface area (Å²) in [6.07, 6.45) is 7.68. The van der Waals surface area contributed by atoms with E-state index in [1.165, 1.54) is 0 Å². The van der Waals surface area contributed by atoms with Crippen molar-refractivity contribution in [3.63, 3.8) is 0 Å². The minimum absolute atomic E-state index is 0. The number of hydrogen-bond donors (Lipinski definition) is 11. The van der Waals surface area contributed by atoms with E-state index in [9.17, 15) is 9.59 Å². The number of hydrogen-bond acceptors (Lipinski definition) is 20. The number of amides is 1. The van der Waals surface area contributed by atoms with Gasteiger partial charge in [-0.25, -0.2) is 29.9 Å². The lowest BCUT2D eigenvalue weighted by atomic mass is 10.2. The monoisotopic (exact) mass is 1340 g/mol. The van der Waals surface area contributed by atoms with Crippen LogP contribution in [0.4, 0.5) is 91.9 Å².